The Labute approximate surface area is 89.2 Å². The minimum Gasteiger partial charge on any atom is -0.391 e. The second kappa shape index (κ2) is 4.01. The van der Waals surface area contributed by atoms with Crippen molar-refractivity contribution in [1.29, 1.82) is 0 Å². The average molecular weight is 211 g/mol. The Morgan fingerprint density at radius 1 is 1.50 bits per heavy atom. The molecule has 2 unspecified atom stereocenters. The second-order valence-corrected chi connectivity index (χ2v) is 5.51. The van der Waals surface area contributed by atoms with Gasteiger partial charge in [-0.2, -0.15) is 0 Å². The van der Waals surface area contributed by atoms with Crippen LogP contribution in [0.15, 0.2) is 12.1 Å². The zero-order chi connectivity index (χ0) is 10.1. The maximum atomic E-state index is 9.52. The van der Waals surface area contributed by atoms with Crippen LogP contribution in [-0.4, -0.2) is 29.2 Å². The summed E-state index contributed by atoms with van der Waals surface area (Å²) in [6, 6.07) is 4.73. The number of aryl methyl sites for hydroxylation is 1. The first-order valence-corrected chi connectivity index (χ1v) is 5.92. The Morgan fingerprint density at radius 3 is 2.71 bits per heavy atom. The summed E-state index contributed by atoms with van der Waals surface area (Å²) in [5.41, 5.74) is 0. The molecular weight excluding hydrogens is 194 g/mol. The van der Waals surface area contributed by atoms with Crippen molar-refractivity contribution in [2.45, 2.75) is 38.5 Å². The fraction of sp³-hybridized carbons (Fsp3) is 0.636. The van der Waals surface area contributed by atoms with Crippen LogP contribution in [0.2, 0.25) is 0 Å². The standard InChI is InChI=1S/C11H17NOS/c1-8-3-4-9(14-8)7-12(2)10-5-6-11(10)13/h3-4,10-11,13H,5-7H2,1-2H3. The van der Waals surface area contributed by atoms with Crippen LogP contribution in [-0.2, 0) is 6.54 Å². The van der Waals surface area contributed by atoms with Gasteiger partial charge in [-0.3, -0.25) is 4.90 Å². The highest BCUT2D eigenvalue weighted by Gasteiger charge is 2.31. The summed E-state index contributed by atoms with van der Waals surface area (Å²) in [7, 11) is 2.10. The Kier molecular flexibility index (Phi) is 2.91. The highest BCUT2D eigenvalue weighted by Crippen LogP contribution is 2.27. The van der Waals surface area contributed by atoms with Crippen LogP contribution in [0, 0.1) is 6.92 Å². The predicted octanol–water partition coefficient (Wildman–Crippen LogP) is 2.01. The molecule has 1 fully saturated rings. The van der Waals surface area contributed by atoms with Crippen LogP contribution < -0.4 is 0 Å². The lowest BCUT2D eigenvalue weighted by atomic mass is 9.88. The number of thiophene rings is 1. The third-order valence-corrected chi connectivity index (χ3v) is 3.96. The van der Waals surface area contributed by atoms with Crippen molar-refractivity contribution >= 4 is 11.3 Å². The van der Waals surface area contributed by atoms with E-state index in [1.807, 2.05) is 11.3 Å². The lowest BCUT2D eigenvalue weighted by molar-refractivity contribution is -0.0126. The summed E-state index contributed by atoms with van der Waals surface area (Å²) in [6.07, 6.45) is 2.02. The van der Waals surface area contributed by atoms with Gasteiger partial charge in [-0.05, 0) is 38.9 Å². The topological polar surface area (TPSA) is 23.5 Å². The van der Waals surface area contributed by atoms with E-state index in [9.17, 15) is 5.11 Å². The van der Waals surface area contributed by atoms with Crippen LogP contribution >= 0.6 is 11.3 Å². The number of aliphatic hydroxyl groups excluding tert-OH is 1. The van der Waals surface area contributed by atoms with Crippen molar-refractivity contribution in [3.05, 3.63) is 21.9 Å². The van der Waals surface area contributed by atoms with E-state index in [0.717, 1.165) is 19.4 Å². The summed E-state index contributed by atoms with van der Waals surface area (Å²) >= 11 is 1.85. The maximum absolute atomic E-state index is 9.52. The summed E-state index contributed by atoms with van der Waals surface area (Å²) in [5.74, 6) is 0. The Balaban J connectivity index is 1.91. The van der Waals surface area contributed by atoms with Gasteiger partial charge in [-0.1, -0.05) is 0 Å². The Morgan fingerprint density at radius 2 is 2.29 bits per heavy atom. The van der Waals surface area contributed by atoms with Crippen molar-refractivity contribution in [3.8, 4) is 0 Å². The van der Waals surface area contributed by atoms with E-state index in [1.165, 1.54) is 9.75 Å². The molecule has 1 aromatic heterocycles. The van der Waals surface area contributed by atoms with Crippen LogP contribution in [0.3, 0.4) is 0 Å². The fourth-order valence-corrected chi connectivity index (χ4v) is 2.87. The van der Waals surface area contributed by atoms with Gasteiger partial charge in [0, 0.05) is 22.3 Å². The highest BCUT2D eigenvalue weighted by atomic mass is 32.1. The van der Waals surface area contributed by atoms with E-state index in [2.05, 4.69) is 31.0 Å². The van der Waals surface area contributed by atoms with E-state index in [4.69, 9.17) is 0 Å². The molecule has 1 heterocycles. The molecule has 3 heteroatoms. The summed E-state index contributed by atoms with van der Waals surface area (Å²) in [4.78, 5) is 5.02. The van der Waals surface area contributed by atoms with E-state index < -0.39 is 0 Å². The summed E-state index contributed by atoms with van der Waals surface area (Å²) in [6.45, 7) is 3.10. The van der Waals surface area contributed by atoms with Crippen LogP contribution in [0.1, 0.15) is 22.6 Å². The first kappa shape index (κ1) is 10.1. The first-order chi connectivity index (χ1) is 6.66. The van der Waals surface area contributed by atoms with Gasteiger partial charge < -0.3 is 5.11 Å². The van der Waals surface area contributed by atoms with Gasteiger partial charge >= 0.3 is 0 Å². The predicted molar refractivity (Wildman–Crippen MR) is 59.6 cm³/mol. The fourth-order valence-electron chi connectivity index (χ4n) is 1.91. The van der Waals surface area contributed by atoms with Crippen molar-refractivity contribution in [3.63, 3.8) is 0 Å². The van der Waals surface area contributed by atoms with Crippen LogP contribution in [0.4, 0.5) is 0 Å². The molecule has 14 heavy (non-hydrogen) atoms. The van der Waals surface area contributed by atoms with Gasteiger partial charge in [0.15, 0.2) is 0 Å². The number of aliphatic hydroxyl groups is 1. The first-order valence-electron chi connectivity index (χ1n) is 5.10. The van der Waals surface area contributed by atoms with Gasteiger partial charge in [0.1, 0.15) is 0 Å². The molecule has 1 N–H and O–H groups in total. The minimum atomic E-state index is -0.0962. The largest absolute Gasteiger partial charge is 0.391 e. The van der Waals surface area contributed by atoms with Crippen molar-refractivity contribution in [2.24, 2.45) is 0 Å². The molecule has 1 aliphatic rings. The number of likely N-dealkylation sites (N-methyl/N-ethyl adjacent to an activating group) is 1. The third kappa shape index (κ3) is 2.00. The van der Waals surface area contributed by atoms with Crippen LogP contribution in [0.5, 0.6) is 0 Å². The van der Waals surface area contributed by atoms with E-state index in [1.54, 1.807) is 0 Å². The van der Waals surface area contributed by atoms with Crippen molar-refractivity contribution in [1.82, 2.24) is 4.90 Å². The Hall–Kier alpha value is -0.380. The third-order valence-electron chi connectivity index (χ3n) is 2.97. The molecular formula is C11H17NOS. The average Bonchev–Trinajstić information content (AvgIpc) is 2.48. The van der Waals surface area contributed by atoms with Crippen LogP contribution in [0.25, 0.3) is 0 Å². The molecule has 0 amide bonds. The molecule has 0 aromatic carbocycles. The number of hydrogen-bond donors (Lipinski definition) is 1. The minimum absolute atomic E-state index is 0.0962. The zero-order valence-electron chi connectivity index (χ0n) is 8.73. The molecule has 0 radical (unpaired) electrons. The SMILES string of the molecule is Cc1ccc(CN(C)C2CCC2O)s1. The number of nitrogens with zero attached hydrogens (tertiary/aromatic N) is 1. The van der Waals surface area contributed by atoms with E-state index in [-0.39, 0.29) is 6.10 Å². The molecule has 0 bridgehead atoms. The van der Waals surface area contributed by atoms with Crippen molar-refractivity contribution < 1.29 is 5.11 Å². The molecule has 2 atom stereocenters. The van der Waals surface area contributed by atoms with E-state index in [0.29, 0.717) is 6.04 Å². The van der Waals surface area contributed by atoms with Crippen molar-refractivity contribution in [2.75, 3.05) is 7.05 Å². The molecule has 1 saturated carbocycles. The Bertz CT molecular complexity index is 310. The molecule has 0 saturated heterocycles. The van der Waals surface area contributed by atoms with Gasteiger partial charge in [0.2, 0.25) is 0 Å². The van der Waals surface area contributed by atoms with Gasteiger partial charge in [0.25, 0.3) is 0 Å². The number of rotatable bonds is 3. The molecule has 2 nitrogen and oxygen atoms in total. The molecule has 0 spiro atoms. The zero-order valence-corrected chi connectivity index (χ0v) is 9.55. The lowest BCUT2D eigenvalue weighted by Crippen LogP contribution is -2.48. The van der Waals surface area contributed by atoms with E-state index >= 15 is 0 Å². The molecule has 1 aromatic rings. The normalized spacial score (nSPS) is 26.6. The monoisotopic (exact) mass is 211 g/mol. The molecule has 78 valence electrons. The van der Waals surface area contributed by atoms with Gasteiger partial charge in [-0.15, -0.1) is 11.3 Å². The van der Waals surface area contributed by atoms with Gasteiger partial charge in [-0.25, -0.2) is 0 Å². The van der Waals surface area contributed by atoms with Gasteiger partial charge in [0.05, 0.1) is 6.10 Å². The summed E-state index contributed by atoms with van der Waals surface area (Å²) in [5, 5.41) is 9.52. The molecule has 0 aliphatic heterocycles. The quantitative estimate of drug-likeness (QED) is 0.826. The molecule has 1 aliphatic carbocycles. The summed E-state index contributed by atoms with van der Waals surface area (Å²) < 4.78 is 0. The maximum Gasteiger partial charge on any atom is 0.0696 e. The molecule has 2 rings (SSSR count). The number of hydrogen-bond acceptors (Lipinski definition) is 3. The second-order valence-electron chi connectivity index (χ2n) is 4.14. The highest BCUT2D eigenvalue weighted by molar-refractivity contribution is 7.11. The smallest absolute Gasteiger partial charge is 0.0696 e. The lowest BCUT2D eigenvalue weighted by Gasteiger charge is -2.39.